The number of carbonyl (C=O) groups excluding carboxylic acids is 1. The zero-order valence-electron chi connectivity index (χ0n) is 14.1. The number of para-hydroxylation sites is 1. The molecule has 4 rings (SSSR count). The molecule has 6 heteroatoms. The van der Waals surface area contributed by atoms with E-state index in [4.69, 9.17) is 4.42 Å². The lowest BCUT2D eigenvalue weighted by molar-refractivity contribution is 0.0927. The highest BCUT2D eigenvalue weighted by Crippen LogP contribution is 2.26. The van der Waals surface area contributed by atoms with E-state index in [1.165, 1.54) is 0 Å². The summed E-state index contributed by atoms with van der Waals surface area (Å²) in [5, 5.41) is 9.63. The van der Waals surface area contributed by atoms with Crippen molar-refractivity contribution in [2.75, 3.05) is 0 Å². The number of hydrogen-bond acceptors (Lipinski definition) is 4. The fourth-order valence-corrected chi connectivity index (χ4v) is 3.41. The summed E-state index contributed by atoms with van der Waals surface area (Å²) in [7, 11) is 0. The molecule has 1 N–H and O–H groups in total. The van der Waals surface area contributed by atoms with Crippen LogP contribution >= 0.6 is 11.3 Å². The second-order valence-corrected chi connectivity index (χ2v) is 6.80. The van der Waals surface area contributed by atoms with Gasteiger partial charge in [-0.15, -0.1) is 11.3 Å². The molecule has 3 aromatic heterocycles. The maximum atomic E-state index is 12.9. The Labute approximate surface area is 154 Å². The van der Waals surface area contributed by atoms with Gasteiger partial charge in [0.2, 0.25) is 0 Å². The van der Waals surface area contributed by atoms with E-state index >= 15 is 0 Å². The zero-order chi connectivity index (χ0) is 17.9. The Kier molecular flexibility index (Phi) is 4.41. The molecule has 0 aliphatic heterocycles. The number of hydrogen-bond donors (Lipinski definition) is 1. The second kappa shape index (κ2) is 7.01. The van der Waals surface area contributed by atoms with Gasteiger partial charge in [-0.2, -0.15) is 5.10 Å². The third kappa shape index (κ3) is 3.19. The number of benzene rings is 1. The van der Waals surface area contributed by atoms with Crippen LogP contribution in [-0.2, 0) is 0 Å². The number of rotatable bonds is 5. The van der Waals surface area contributed by atoms with Crippen LogP contribution in [0.15, 0.2) is 76.7 Å². The van der Waals surface area contributed by atoms with Crippen molar-refractivity contribution in [3.8, 4) is 16.3 Å². The van der Waals surface area contributed by atoms with Gasteiger partial charge < -0.3 is 9.73 Å². The minimum absolute atomic E-state index is 0.201. The third-order valence-corrected chi connectivity index (χ3v) is 4.93. The number of aromatic nitrogens is 2. The van der Waals surface area contributed by atoms with Gasteiger partial charge in [0.1, 0.15) is 17.1 Å². The van der Waals surface area contributed by atoms with Crippen LogP contribution in [0.3, 0.4) is 0 Å². The summed E-state index contributed by atoms with van der Waals surface area (Å²) in [5.74, 6) is 0.510. The normalized spacial score (nSPS) is 12.0. The van der Waals surface area contributed by atoms with Crippen LogP contribution in [0.1, 0.15) is 29.2 Å². The lowest BCUT2D eigenvalue weighted by atomic mass is 10.2. The molecular formula is C20H17N3O2S. The van der Waals surface area contributed by atoms with Gasteiger partial charge in [-0.3, -0.25) is 4.79 Å². The van der Waals surface area contributed by atoms with Crippen LogP contribution in [0.4, 0.5) is 0 Å². The molecule has 1 atom stereocenters. The molecule has 0 saturated carbocycles. The molecule has 0 bridgehead atoms. The van der Waals surface area contributed by atoms with Crippen molar-refractivity contribution in [3.05, 3.63) is 83.8 Å². The fraction of sp³-hybridized carbons (Fsp3) is 0.100. The Bertz CT molecular complexity index is 989. The molecule has 4 aromatic rings. The highest BCUT2D eigenvalue weighted by molar-refractivity contribution is 7.13. The predicted octanol–water partition coefficient (Wildman–Crippen LogP) is 4.68. The highest BCUT2D eigenvalue weighted by atomic mass is 32.1. The van der Waals surface area contributed by atoms with Gasteiger partial charge in [0.25, 0.3) is 5.91 Å². The molecule has 1 aromatic carbocycles. The van der Waals surface area contributed by atoms with Crippen molar-refractivity contribution < 1.29 is 9.21 Å². The van der Waals surface area contributed by atoms with Crippen molar-refractivity contribution in [1.82, 2.24) is 15.1 Å². The molecule has 26 heavy (non-hydrogen) atoms. The Morgan fingerprint density at radius 3 is 2.69 bits per heavy atom. The van der Waals surface area contributed by atoms with Crippen LogP contribution in [0, 0.1) is 0 Å². The van der Waals surface area contributed by atoms with Crippen molar-refractivity contribution in [3.63, 3.8) is 0 Å². The van der Waals surface area contributed by atoms with Crippen molar-refractivity contribution >= 4 is 17.2 Å². The molecule has 0 aliphatic rings. The van der Waals surface area contributed by atoms with E-state index in [1.54, 1.807) is 28.3 Å². The van der Waals surface area contributed by atoms with E-state index in [1.807, 2.05) is 66.9 Å². The standard InChI is InChI=1S/C20H17N3O2S/c1-14(18-9-5-11-25-18)21-20(24)17-13-16(19-10-6-12-26-19)22-23(17)15-7-3-2-4-8-15/h2-14H,1H3,(H,21,24)/t14-/m0/s1. The summed E-state index contributed by atoms with van der Waals surface area (Å²) in [6.45, 7) is 1.89. The monoisotopic (exact) mass is 363 g/mol. The van der Waals surface area contributed by atoms with Crippen molar-refractivity contribution in [2.24, 2.45) is 0 Å². The Balaban J connectivity index is 1.70. The Hall–Kier alpha value is -3.12. The van der Waals surface area contributed by atoms with E-state index in [2.05, 4.69) is 10.4 Å². The van der Waals surface area contributed by atoms with E-state index in [-0.39, 0.29) is 11.9 Å². The second-order valence-electron chi connectivity index (χ2n) is 5.85. The van der Waals surface area contributed by atoms with Gasteiger partial charge in [-0.05, 0) is 48.7 Å². The summed E-state index contributed by atoms with van der Waals surface area (Å²) in [6.07, 6.45) is 1.60. The van der Waals surface area contributed by atoms with Gasteiger partial charge in [0, 0.05) is 0 Å². The van der Waals surface area contributed by atoms with Gasteiger partial charge in [-0.1, -0.05) is 24.3 Å². The molecule has 5 nitrogen and oxygen atoms in total. The summed E-state index contributed by atoms with van der Waals surface area (Å²) >= 11 is 1.59. The lowest BCUT2D eigenvalue weighted by Gasteiger charge is -2.12. The summed E-state index contributed by atoms with van der Waals surface area (Å²) in [6, 6.07) is 18.9. The van der Waals surface area contributed by atoms with E-state index in [0.717, 1.165) is 16.3 Å². The molecule has 0 spiro atoms. The average Bonchev–Trinajstić information content (AvgIpc) is 3.43. The van der Waals surface area contributed by atoms with Crippen LogP contribution < -0.4 is 5.32 Å². The first-order chi connectivity index (χ1) is 12.7. The lowest BCUT2D eigenvalue weighted by Crippen LogP contribution is -2.28. The SMILES string of the molecule is C[C@H](NC(=O)c1cc(-c2cccs2)nn1-c1ccccc1)c1ccco1. The number of carbonyl (C=O) groups is 1. The first-order valence-corrected chi connectivity index (χ1v) is 9.14. The first-order valence-electron chi connectivity index (χ1n) is 8.26. The highest BCUT2D eigenvalue weighted by Gasteiger charge is 2.20. The number of nitrogens with zero attached hydrogens (tertiary/aromatic N) is 2. The van der Waals surface area contributed by atoms with Crippen LogP contribution in [0.5, 0.6) is 0 Å². The number of thiophene rings is 1. The summed E-state index contributed by atoms with van der Waals surface area (Å²) < 4.78 is 7.06. The number of furan rings is 1. The zero-order valence-corrected chi connectivity index (χ0v) is 14.9. The molecule has 3 heterocycles. The van der Waals surface area contributed by atoms with Crippen LogP contribution in [-0.4, -0.2) is 15.7 Å². The number of nitrogens with one attached hydrogen (secondary N) is 1. The number of amides is 1. The van der Waals surface area contributed by atoms with Crippen molar-refractivity contribution in [1.29, 1.82) is 0 Å². The minimum Gasteiger partial charge on any atom is -0.467 e. The quantitative estimate of drug-likeness (QED) is 0.560. The molecule has 0 radical (unpaired) electrons. The van der Waals surface area contributed by atoms with Gasteiger partial charge >= 0.3 is 0 Å². The smallest absolute Gasteiger partial charge is 0.270 e. The van der Waals surface area contributed by atoms with E-state index in [0.29, 0.717) is 11.5 Å². The minimum atomic E-state index is -0.234. The topological polar surface area (TPSA) is 60.1 Å². The van der Waals surface area contributed by atoms with E-state index in [9.17, 15) is 4.79 Å². The third-order valence-electron chi connectivity index (χ3n) is 4.03. The maximum absolute atomic E-state index is 12.9. The Morgan fingerprint density at radius 2 is 2.00 bits per heavy atom. The van der Waals surface area contributed by atoms with Gasteiger partial charge in [-0.25, -0.2) is 4.68 Å². The first kappa shape index (κ1) is 16.4. The molecule has 130 valence electrons. The van der Waals surface area contributed by atoms with Gasteiger partial charge in [0.15, 0.2) is 0 Å². The molecule has 0 unspecified atom stereocenters. The predicted molar refractivity (Wildman–Crippen MR) is 101 cm³/mol. The molecule has 0 aliphatic carbocycles. The maximum Gasteiger partial charge on any atom is 0.270 e. The molecule has 1 amide bonds. The van der Waals surface area contributed by atoms with Crippen LogP contribution in [0.2, 0.25) is 0 Å². The summed E-state index contributed by atoms with van der Waals surface area (Å²) in [5.41, 5.74) is 2.10. The molecule has 0 fully saturated rings. The summed E-state index contributed by atoms with van der Waals surface area (Å²) in [4.78, 5) is 13.9. The Morgan fingerprint density at radius 1 is 1.15 bits per heavy atom. The average molecular weight is 363 g/mol. The van der Waals surface area contributed by atoms with Crippen molar-refractivity contribution in [2.45, 2.75) is 13.0 Å². The fourth-order valence-electron chi connectivity index (χ4n) is 2.73. The van der Waals surface area contributed by atoms with Gasteiger partial charge in [0.05, 0.1) is 22.9 Å². The van der Waals surface area contributed by atoms with E-state index < -0.39 is 0 Å². The largest absolute Gasteiger partial charge is 0.467 e. The molecule has 0 saturated heterocycles. The molecular weight excluding hydrogens is 346 g/mol. The van der Waals surface area contributed by atoms with Crippen LogP contribution in [0.25, 0.3) is 16.3 Å².